The number of aromatic nitrogens is 1. The Labute approximate surface area is 122 Å². The number of nitrogens with two attached hydrogens (primary N) is 1. The normalized spacial score (nSPS) is 10.3. The van der Waals surface area contributed by atoms with Crippen molar-refractivity contribution < 1.29 is 14.3 Å². The maximum Gasteiger partial charge on any atom is 0.424 e. The third kappa shape index (κ3) is 4.00. The van der Waals surface area contributed by atoms with Crippen LogP contribution in [0, 0.1) is 0 Å². The lowest BCUT2D eigenvalue weighted by atomic mass is 10.1. The van der Waals surface area contributed by atoms with Gasteiger partial charge in [-0.3, -0.25) is 9.78 Å². The summed E-state index contributed by atoms with van der Waals surface area (Å²) in [5.41, 5.74) is 0.975. The van der Waals surface area contributed by atoms with Gasteiger partial charge in [0.05, 0.1) is 0 Å². The van der Waals surface area contributed by atoms with Crippen molar-refractivity contribution in [2.45, 2.75) is 12.8 Å². The zero-order valence-electron chi connectivity index (χ0n) is 11.6. The summed E-state index contributed by atoms with van der Waals surface area (Å²) in [5, 5.41) is 3.21. The SMILES string of the molecule is NN(CCCc1nccc2ccccc12)C(=O)OCC=O. The Kier molecular flexibility index (Phi) is 5.22. The summed E-state index contributed by atoms with van der Waals surface area (Å²) >= 11 is 0. The van der Waals surface area contributed by atoms with Gasteiger partial charge in [0.1, 0.15) is 6.61 Å². The maximum atomic E-state index is 11.4. The minimum atomic E-state index is -0.701. The fraction of sp³-hybridized carbons (Fsp3) is 0.267. The van der Waals surface area contributed by atoms with Gasteiger partial charge in [-0.1, -0.05) is 24.3 Å². The standard InChI is InChI=1S/C15H17N3O3/c16-18(15(20)21-11-10-19)9-3-6-14-13-5-2-1-4-12(13)7-8-17-14/h1-2,4-5,7-8,10H,3,6,9,11,16H2. The molecule has 1 aromatic heterocycles. The Bertz CT molecular complexity index is 625. The van der Waals surface area contributed by atoms with E-state index in [1.165, 1.54) is 0 Å². The summed E-state index contributed by atoms with van der Waals surface area (Å²) in [5.74, 6) is 5.56. The molecule has 0 bridgehead atoms. The number of pyridine rings is 1. The van der Waals surface area contributed by atoms with Crippen LogP contribution in [0.2, 0.25) is 0 Å². The van der Waals surface area contributed by atoms with Crippen molar-refractivity contribution in [3.8, 4) is 0 Å². The zero-order chi connectivity index (χ0) is 15.1. The summed E-state index contributed by atoms with van der Waals surface area (Å²) in [6.07, 6.45) is 2.94. The third-order valence-electron chi connectivity index (χ3n) is 3.08. The summed E-state index contributed by atoms with van der Waals surface area (Å²) in [6, 6.07) is 9.98. The average Bonchev–Trinajstić information content (AvgIpc) is 2.52. The van der Waals surface area contributed by atoms with E-state index in [2.05, 4.69) is 9.72 Å². The molecule has 0 fully saturated rings. The number of nitrogens with zero attached hydrogens (tertiary/aromatic N) is 2. The number of hydrazine groups is 1. The fourth-order valence-electron chi connectivity index (χ4n) is 2.08. The van der Waals surface area contributed by atoms with Crippen LogP contribution in [0.5, 0.6) is 0 Å². The van der Waals surface area contributed by atoms with Gasteiger partial charge in [0.15, 0.2) is 6.29 Å². The molecule has 1 aromatic carbocycles. The van der Waals surface area contributed by atoms with Crippen molar-refractivity contribution in [3.63, 3.8) is 0 Å². The second-order valence-corrected chi connectivity index (χ2v) is 4.52. The molecule has 0 aliphatic heterocycles. The number of hydrogen-bond donors (Lipinski definition) is 1. The van der Waals surface area contributed by atoms with Crippen LogP contribution >= 0.6 is 0 Å². The molecule has 0 saturated carbocycles. The first kappa shape index (κ1) is 14.9. The number of aldehydes is 1. The van der Waals surface area contributed by atoms with Crippen LogP contribution in [0.1, 0.15) is 12.1 Å². The highest BCUT2D eigenvalue weighted by Crippen LogP contribution is 2.17. The van der Waals surface area contributed by atoms with Gasteiger partial charge in [-0.05, 0) is 24.3 Å². The molecule has 6 heteroatoms. The lowest BCUT2D eigenvalue weighted by Gasteiger charge is -2.15. The van der Waals surface area contributed by atoms with E-state index >= 15 is 0 Å². The predicted molar refractivity (Wildman–Crippen MR) is 78.4 cm³/mol. The molecule has 0 aliphatic carbocycles. The quantitative estimate of drug-likeness (QED) is 0.378. The molecule has 21 heavy (non-hydrogen) atoms. The van der Waals surface area contributed by atoms with E-state index < -0.39 is 6.09 Å². The largest absolute Gasteiger partial charge is 0.441 e. The van der Waals surface area contributed by atoms with Gasteiger partial charge in [-0.15, -0.1) is 0 Å². The molecule has 0 atom stereocenters. The van der Waals surface area contributed by atoms with E-state index in [4.69, 9.17) is 5.84 Å². The highest BCUT2D eigenvalue weighted by Gasteiger charge is 2.10. The zero-order valence-corrected chi connectivity index (χ0v) is 11.6. The maximum absolute atomic E-state index is 11.4. The van der Waals surface area contributed by atoms with Crippen LogP contribution < -0.4 is 5.84 Å². The topological polar surface area (TPSA) is 85.5 Å². The van der Waals surface area contributed by atoms with Gasteiger partial charge in [-0.25, -0.2) is 15.6 Å². The Morgan fingerprint density at radius 1 is 1.33 bits per heavy atom. The van der Waals surface area contributed by atoms with Gasteiger partial charge in [0, 0.05) is 23.8 Å². The smallest absolute Gasteiger partial charge is 0.424 e. The van der Waals surface area contributed by atoms with Gasteiger partial charge >= 0.3 is 6.09 Å². The fourth-order valence-corrected chi connectivity index (χ4v) is 2.08. The summed E-state index contributed by atoms with van der Waals surface area (Å²) in [6.45, 7) is 0.0556. The highest BCUT2D eigenvalue weighted by atomic mass is 16.6. The molecule has 0 radical (unpaired) electrons. The lowest BCUT2D eigenvalue weighted by Crippen LogP contribution is -2.39. The van der Waals surface area contributed by atoms with Crippen LogP contribution in [0.15, 0.2) is 36.5 Å². The number of carbonyl (C=O) groups is 2. The Hall–Kier alpha value is -2.47. The molecule has 110 valence electrons. The predicted octanol–water partition coefficient (Wildman–Crippen LogP) is 1.68. The summed E-state index contributed by atoms with van der Waals surface area (Å²) in [4.78, 5) is 25.8. The van der Waals surface area contributed by atoms with Crippen molar-refractivity contribution in [3.05, 3.63) is 42.2 Å². The lowest BCUT2D eigenvalue weighted by molar-refractivity contribution is -0.110. The highest BCUT2D eigenvalue weighted by molar-refractivity contribution is 5.84. The van der Waals surface area contributed by atoms with E-state index in [1.807, 2.05) is 30.3 Å². The van der Waals surface area contributed by atoms with Crippen LogP contribution in [0.4, 0.5) is 4.79 Å². The second kappa shape index (κ2) is 7.35. The molecule has 0 unspecified atom stereocenters. The molecule has 1 heterocycles. The van der Waals surface area contributed by atoms with Crippen LogP contribution in [-0.4, -0.2) is 35.5 Å². The molecular weight excluding hydrogens is 270 g/mol. The minimum absolute atomic E-state index is 0.280. The van der Waals surface area contributed by atoms with Crippen LogP contribution in [0.3, 0.4) is 0 Å². The molecule has 6 nitrogen and oxygen atoms in total. The first-order valence-electron chi connectivity index (χ1n) is 6.67. The van der Waals surface area contributed by atoms with Crippen molar-refractivity contribution in [2.24, 2.45) is 5.84 Å². The number of aryl methyl sites for hydroxylation is 1. The molecule has 0 saturated heterocycles. The van der Waals surface area contributed by atoms with E-state index in [1.54, 1.807) is 6.20 Å². The number of hydrogen-bond acceptors (Lipinski definition) is 5. The van der Waals surface area contributed by atoms with E-state index in [9.17, 15) is 9.59 Å². The average molecular weight is 287 g/mol. The molecule has 2 rings (SSSR count). The molecule has 2 aromatic rings. The van der Waals surface area contributed by atoms with Crippen molar-refractivity contribution in [1.82, 2.24) is 9.99 Å². The molecule has 0 spiro atoms. The number of rotatable bonds is 6. The van der Waals surface area contributed by atoms with Gasteiger partial charge in [0.25, 0.3) is 0 Å². The number of ether oxygens (including phenoxy) is 1. The Morgan fingerprint density at radius 2 is 2.14 bits per heavy atom. The first-order valence-corrected chi connectivity index (χ1v) is 6.67. The van der Waals surface area contributed by atoms with Crippen molar-refractivity contribution >= 4 is 23.2 Å². The number of carbonyl (C=O) groups excluding carboxylic acids is 2. The van der Waals surface area contributed by atoms with E-state index in [0.717, 1.165) is 21.5 Å². The molecule has 0 aliphatic rings. The molecular formula is C15H17N3O3. The minimum Gasteiger partial charge on any atom is -0.441 e. The number of benzene rings is 1. The van der Waals surface area contributed by atoms with Gasteiger partial charge in [-0.2, -0.15) is 0 Å². The van der Waals surface area contributed by atoms with Crippen LogP contribution in [0.25, 0.3) is 10.8 Å². The van der Waals surface area contributed by atoms with Crippen molar-refractivity contribution in [1.29, 1.82) is 0 Å². The molecule has 2 N–H and O–H groups in total. The first-order chi connectivity index (χ1) is 10.2. The second-order valence-electron chi connectivity index (χ2n) is 4.52. The number of amides is 1. The van der Waals surface area contributed by atoms with E-state index in [-0.39, 0.29) is 6.61 Å². The number of fused-ring (bicyclic) bond motifs is 1. The Morgan fingerprint density at radius 3 is 2.95 bits per heavy atom. The van der Waals surface area contributed by atoms with Gasteiger partial charge in [0.2, 0.25) is 0 Å². The molecule has 1 amide bonds. The van der Waals surface area contributed by atoms with E-state index in [0.29, 0.717) is 25.7 Å². The van der Waals surface area contributed by atoms with Crippen molar-refractivity contribution in [2.75, 3.05) is 13.2 Å². The third-order valence-corrected chi connectivity index (χ3v) is 3.08. The van der Waals surface area contributed by atoms with Crippen LogP contribution in [-0.2, 0) is 16.0 Å². The Balaban J connectivity index is 1.90. The summed E-state index contributed by atoms with van der Waals surface area (Å²) < 4.78 is 4.60. The monoisotopic (exact) mass is 287 g/mol. The summed E-state index contributed by atoms with van der Waals surface area (Å²) in [7, 11) is 0. The van der Waals surface area contributed by atoms with Gasteiger partial charge < -0.3 is 4.74 Å².